The van der Waals surface area contributed by atoms with Crippen molar-refractivity contribution in [1.82, 2.24) is 10.2 Å². The number of hydrogen-bond acceptors (Lipinski definition) is 3. The van der Waals surface area contributed by atoms with Crippen molar-refractivity contribution in [3.63, 3.8) is 0 Å². The van der Waals surface area contributed by atoms with Gasteiger partial charge in [-0.25, -0.2) is 0 Å². The molecule has 4 nitrogen and oxygen atoms in total. The molecule has 1 aromatic rings. The number of nitrogens with two attached hydrogens (primary N) is 1. The number of amides is 1. The van der Waals surface area contributed by atoms with Gasteiger partial charge in [0.25, 0.3) is 0 Å². The van der Waals surface area contributed by atoms with Crippen molar-refractivity contribution in [2.75, 3.05) is 20.1 Å². The van der Waals surface area contributed by atoms with Crippen molar-refractivity contribution in [3.8, 4) is 0 Å². The molecule has 0 aliphatic heterocycles. The molecule has 1 amide bonds. The average Bonchev–Trinajstić information content (AvgIpc) is 2.65. The van der Waals surface area contributed by atoms with E-state index in [2.05, 4.69) is 17.3 Å². The molecule has 1 aliphatic rings. The van der Waals surface area contributed by atoms with Crippen molar-refractivity contribution in [2.24, 2.45) is 11.7 Å². The van der Waals surface area contributed by atoms with Crippen LogP contribution in [0.25, 0.3) is 0 Å². The normalized spacial score (nSPS) is 16.9. The Bertz CT molecular complexity index is 495. The van der Waals surface area contributed by atoms with Crippen molar-refractivity contribution >= 4 is 30.7 Å². The molecule has 0 saturated heterocycles. The highest BCUT2D eigenvalue weighted by atomic mass is 35.5. The monoisotopic (exact) mass is 403 g/mol. The first-order valence-electron chi connectivity index (χ1n) is 9.38. The molecule has 6 heteroatoms. The van der Waals surface area contributed by atoms with Crippen molar-refractivity contribution in [1.29, 1.82) is 0 Å². The molecular weight excluding hydrogens is 369 g/mol. The van der Waals surface area contributed by atoms with Crippen molar-refractivity contribution in [2.45, 2.75) is 57.5 Å². The molecule has 2 unspecified atom stereocenters. The molecule has 1 aliphatic carbocycles. The van der Waals surface area contributed by atoms with Crippen LogP contribution in [0, 0.1) is 5.92 Å². The number of hydrogen-bond donors (Lipinski definition) is 2. The standard InChI is InChI=1S/C20H33N3O.2ClH/c1-16(19(21)17-10-5-3-6-11-17)20(24)22-14-9-15-23(2)18-12-7-4-8-13-18;;/h3,5-6,10-11,16,18-19H,4,7-9,12-15,21H2,1-2H3,(H,22,24);2*1H. The van der Waals surface area contributed by atoms with E-state index in [0.29, 0.717) is 0 Å². The zero-order valence-corrected chi connectivity index (χ0v) is 17.7. The Morgan fingerprint density at radius 3 is 2.42 bits per heavy atom. The van der Waals surface area contributed by atoms with Crippen LogP contribution in [0.2, 0.25) is 0 Å². The Hall–Kier alpha value is -0.810. The molecule has 0 aromatic heterocycles. The minimum atomic E-state index is -0.254. The Morgan fingerprint density at radius 1 is 1.19 bits per heavy atom. The van der Waals surface area contributed by atoms with E-state index in [4.69, 9.17) is 5.73 Å². The number of carbonyl (C=O) groups is 1. The summed E-state index contributed by atoms with van der Waals surface area (Å²) in [6, 6.07) is 10.3. The topological polar surface area (TPSA) is 58.4 Å². The van der Waals surface area contributed by atoms with E-state index in [-0.39, 0.29) is 42.7 Å². The van der Waals surface area contributed by atoms with Crippen LogP contribution >= 0.6 is 24.8 Å². The van der Waals surface area contributed by atoms with Gasteiger partial charge in [-0.05, 0) is 38.4 Å². The van der Waals surface area contributed by atoms with Gasteiger partial charge < -0.3 is 16.0 Å². The van der Waals surface area contributed by atoms with Crippen LogP contribution in [0.5, 0.6) is 0 Å². The second-order valence-corrected chi connectivity index (χ2v) is 7.14. The molecule has 0 bridgehead atoms. The van der Waals surface area contributed by atoms with E-state index in [1.807, 2.05) is 37.3 Å². The summed E-state index contributed by atoms with van der Waals surface area (Å²) in [5, 5.41) is 3.05. The fourth-order valence-corrected chi connectivity index (χ4v) is 3.53. The van der Waals surface area contributed by atoms with Gasteiger partial charge in [0, 0.05) is 18.6 Å². The number of benzene rings is 1. The van der Waals surface area contributed by atoms with Gasteiger partial charge in [-0.15, -0.1) is 24.8 Å². The Balaban J connectivity index is 0.00000312. The highest BCUT2D eigenvalue weighted by molar-refractivity contribution is 5.85. The number of nitrogens with one attached hydrogen (secondary N) is 1. The van der Waals surface area contributed by atoms with E-state index in [1.54, 1.807) is 0 Å². The molecule has 2 rings (SSSR count). The highest BCUT2D eigenvalue weighted by Gasteiger charge is 2.22. The van der Waals surface area contributed by atoms with Crippen molar-refractivity contribution < 1.29 is 4.79 Å². The van der Waals surface area contributed by atoms with Crippen LogP contribution in [0.4, 0.5) is 0 Å². The lowest BCUT2D eigenvalue weighted by Gasteiger charge is -2.31. The first kappa shape index (κ1) is 25.2. The highest BCUT2D eigenvalue weighted by Crippen LogP contribution is 2.21. The molecular formula is C20H35Cl2N3O. The van der Waals surface area contributed by atoms with Gasteiger partial charge in [-0.1, -0.05) is 56.5 Å². The third-order valence-electron chi connectivity index (χ3n) is 5.32. The summed E-state index contributed by atoms with van der Waals surface area (Å²) < 4.78 is 0. The fraction of sp³-hybridized carbons (Fsp3) is 0.650. The molecule has 150 valence electrons. The van der Waals surface area contributed by atoms with Crippen LogP contribution in [0.15, 0.2) is 30.3 Å². The van der Waals surface area contributed by atoms with E-state index < -0.39 is 0 Å². The van der Waals surface area contributed by atoms with Gasteiger partial charge in [0.05, 0.1) is 5.92 Å². The summed E-state index contributed by atoms with van der Waals surface area (Å²) >= 11 is 0. The first-order chi connectivity index (χ1) is 11.6. The molecule has 1 fully saturated rings. The van der Waals surface area contributed by atoms with Gasteiger partial charge in [-0.2, -0.15) is 0 Å². The number of carbonyl (C=O) groups excluding carboxylic acids is 1. The lowest BCUT2D eigenvalue weighted by Crippen LogP contribution is -2.38. The quantitative estimate of drug-likeness (QED) is 0.646. The van der Waals surface area contributed by atoms with Gasteiger partial charge in [0.2, 0.25) is 5.91 Å². The molecule has 0 spiro atoms. The Morgan fingerprint density at radius 2 is 1.81 bits per heavy atom. The van der Waals surface area contributed by atoms with Gasteiger partial charge in [0.15, 0.2) is 0 Å². The van der Waals surface area contributed by atoms with Crippen LogP contribution in [-0.2, 0) is 4.79 Å². The first-order valence-corrected chi connectivity index (χ1v) is 9.38. The van der Waals surface area contributed by atoms with Crippen LogP contribution in [-0.4, -0.2) is 37.0 Å². The molecule has 3 N–H and O–H groups in total. The third kappa shape index (κ3) is 7.83. The zero-order valence-electron chi connectivity index (χ0n) is 16.0. The summed E-state index contributed by atoms with van der Waals surface area (Å²) in [6.07, 6.45) is 7.75. The lowest BCUT2D eigenvalue weighted by atomic mass is 9.94. The summed E-state index contributed by atoms with van der Waals surface area (Å²) in [5.74, 6) is -0.171. The zero-order chi connectivity index (χ0) is 17.4. The largest absolute Gasteiger partial charge is 0.356 e. The maximum atomic E-state index is 12.3. The summed E-state index contributed by atoms with van der Waals surface area (Å²) in [6.45, 7) is 3.67. The van der Waals surface area contributed by atoms with Crippen LogP contribution in [0.1, 0.15) is 57.1 Å². The fourth-order valence-electron chi connectivity index (χ4n) is 3.53. The summed E-state index contributed by atoms with van der Waals surface area (Å²) in [7, 11) is 2.21. The predicted molar refractivity (Wildman–Crippen MR) is 114 cm³/mol. The third-order valence-corrected chi connectivity index (χ3v) is 5.32. The van der Waals surface area contributed by atoms with Crippen molar-refractivity contribution in [3.05, 3.63) is 35.9 Å². The van der Waals surface area contributed by atoms with Crippen LogP contribution < -0.4 is 11.1 Å². The molecule has 0 heterocycles. The second kappa shape index (κ2) is 13.4. The predicted octanol–water partition coefficient (Wildman–Crippen LogP) is 3.94. The molecule has 1 aromatic carbocycles. The van der Waals surface area contributed by atoms with E-state index in [1.165, 1.54) is 32.1 Å². The number of rotatable bonds is 8. The SMILES string of the molecule is CC(C(=O)NCCCN(C)C1CCCCC1)C(N)c1ccccc1.Cl.Cl. The van der Waals surface area contributed by atoms with E-state index in [9.17, 15) is 4.79 Å². The Labute approximate surface area is 171 Å². The van der Waals surface area contributed by atoms with Crippen LogP contribution in [0.3, 0.4) is 0 Å². The number of nitrogens with zero attached hydrogens (tertiary/aromatic N) is 1. The second-order valence-electron chi connectivity index (χ2n) is 7.14. The van der Waals surface area contributed by atoms with E-state index >= 15 is 0 Å². The maximum absolute atomic E-state index is 12.3. The minimum Gasteiger partial charge on any atom is -0.356 e. The smallest absolute Gasteiger partial charge is 0.224 e. The Kier molecular flexibility index (Phi) is 13.0. The van der Waals surface area contributed by atoms with E-state index in [0.717, 1.165) is 31.1 Å². The number of halogens is 2. The average molecular weight is 404 g/mol. The lowest BCUT2D eigenvalue weighted by molar-refractivity contribution is -0.125. The molecule has 2 atom stereocenters. The van der Waals surface area contributed by atoms with Gasteiger partial charge in [0.1, 0.15) is 0 Å². The summed E-state index contributed by atoms with van der Waals surface area (Å²) in [4.78, 5) is 14.8. The molecule has 26 heavy (non-hydrogen) atoms. The van der Waals surface area contributed by atoms with Gasteiger partial charge >= 0.3 is 0 Å². The minimum absolute atomic E-state index is 0. The van der Waals surface area contributed by atoms with Gasteiger partial charge in [-0.3, -0.25) is 4.79 Å². The maximum Gasteiger partial charge on any atom is 0.224 e. The summed E-state index contributed by atoms with van der Waals surface area (Å²) in [5.41, 5.74) is 7.23. The molecule has 1 saturated carbocycles. The molecule has 0 radical (unpaired) electrons.